The average molecular weight is 332 g/mol. The summed E-state index contributed by atoms with van der Waals surface area (Å²) in [4.78, 5) is 0. The van der Waals surface area contributed by atoms with Gasteiger partial charge < -0.3 is 10.2 Å². The summed E-state index contributed by atoms with van der Waals surface area (Å²) in [7, 11) is 1.83. The Kier molecular flexibility index (Phi) is 3.14. The second-order valence-electron chi connectivity index (χ2n) is 4.65. The van der Waals surface area contributed by atoms with Gasteiger partial charge in [0, 0.05) is 17.1 Å². The summed E-state index contributed by atoms with van der Waals surface area (Å²) in [5.74, 6) is 1.37. The van der Waals surface area contributed by atoms with Crippen LogP contribution in [-0.2, 0) is 7.05 Å². The van der Waals surface area contributed by atoms with E-state index in [-0.39, 0.29) is 0 Å². The lowest BCUT2D eigenvalue weighted by molar-refractivity contribution is 0.576. The van der Waals surface area contributed by atoms with E-state index < -0.39 is 0 Å². The normalized spacial score (nSPS) is 10.9. The Hall–Kier alpha value is -2.01. The molecule has 3 aromatic rings. The van der Waals surface area contributed by atoms with Crippen LogP contribution in [-0.4, -0.2) is 9.78 Å². The summed E-state index contributed by atoms with van der Waals surface area (Å²) in [5, 5.41) is 4.51. The molecule has 0 fully saturated rings. The van der Waals surface area contributed by atoms with Crippen LogP contribution < -0.4 is 5.73 Å². The number of anilines is 1. The second-order valence-corrected chi connectivity index (χ2v) is 5.50. The topological polar surface area (TPSA) is 57.0 Å². The maximum atomic E-state index is 6.20. The summed E-state index contributed by atoms with van der Waals surface area (Å²) in [5.41, 5.74) is 9.89. The van der Waals surface area contributed by atoms with E-state index in [4.69, 9.17) is 10.2 Å². The van der Waals surface area contributed by atoms with Crippen molar-refractivity contribution in [1.82, 2.24) is 9.78 Å². The first kappa shape index (κ1) is 13.0. The number of aryl methyl sites for hydroxylation is 2. The maximum Gasteiger partial charge on any atom is 0.157 e. The summed E-state index contributed by atoms with van der Waals surface area (Å²) < 4.78 is 8.22. The lowest BCUT2D eigenvalue weighted by Crippen LogP contribution is -1.98. The van der Waals surface area contributed by atoms with Crippen LogP contribution in [0.25, 0.3) is 22.6 Å². The second kappa shape index (κ2) is 4.83. The van der Waals surface area contributed by atoms with E-state index in [1.54, 1.807) is 10.9 Å². The molecule has 102 valence electrons. The fraction of sp³-hybridized carbons (Fsp3) is 0.133. The van der Waals surface area contributed by atoms with E-state index in [9.17, 15) is 0 Å². The highest BCUT2D eigenvalue weighted by molar-refractivity contribution is 9.10. The fourth-order valence-electron chi connectivity index (χ4n) is 2.24. The molecule has 0 amide bonds. The zero-order valence-corrected chi connectivity index (χ0v) is 12.8. The summed E-state index contributed by atoms with van der Waals surface area (Å²) in [6.07, 6.45) is 1.67. The molecule has 0 atom stereocenters. The number of aromatic nitrogens is 2. The Labute approximate surface area is 125 Å². The average Bonchev–Trinajstić information content (AvgIpc) is 2.96. The van der Waals surface area contributed by atoms with Crippen LogP contribution in [0.1, 0.15) is 5.56 Å². The van der Waals surface area contributed by atoms with E-state index in [0.29, 0.717) is 5.82 Å². The molecule has 1 aromatic carbocycles. The molecule has 4 nitrogen and oxygen atoms in total. The number of furan rings is 1. The molecule has 0 spiro atoms. The molecule has 2 aromatic heterocycles. The Balaban J connectivity index is 2.31. The van der Waals surface area contributed by atoms with Crippen LogP contribution in [0.3, 0.4) is 0 Å². The van der Waals surface area contributed by atoms with Crippen LogP contribution in [0.2, 0.25) is 0 Å². The van der Waals surface area contributed by atoms with Crippen molar-refractivity contribution in [2.75, 3.05) is 5.73 Å². The van der Waals surface area contributed by atoms with Gasteiger partial charge in [0.2, 0.25) is 0 Å². The van der Waals surface area contributed by atoms with Gasteiger partial charge >= 0.3 is 0 Å². The van der Waals surface area contributed by atoms with Gasteiger partial charge in [0.15, 0.2) is 5.76 Å². The van der Waals surface area contributed by atoms with Crippen molar-refractivity contribution in [3.63, 3.8) is 0 Å². The van der Waals surface area contributed by atoms with Crippen molar-refractivity contribution in [3.8, 4) is 22.6 Å². The molecule has 2 N–H and O–H groups in total. The predicted octanol–water partition coefficient (Wildman–Crippen LogP) is 4.00. The summed E-state index contributed by atoms with van der Waals surface area (Å²) in [6, 6.07) is 9.87. The Morgan fingerprint density at radius 1 is 1.25 bits per heavy atom. The third kappa shape index (κ3) is 1.94. The van der Waals surface area contributed by atoms with Crippen LogP contribution in [0.4, 0.5) is 5.82 Å². The number of nitrogens with two attached hydrogens (primary N) is 1. The number of nitrogen functional groups attached to an aromatic ring is 1. The fourth-order valence-corrected chi connectivity index (χ4v) is 2.72. The number of hydrogen-bond acceptors (Lipinski definition) is 3. The molecule has 3 rings (SSSR count). The van der Waals surface area contributed by atoms with Crippen molar-refractivity contribution in [1.29, 1.82) is 0 Å². The summed E-state index contributed by atoms with van der Waals surface area (Å²) in [6.45, 7) is 1.99. The van der Waals surface area contributed by atoms with Gasteiger partial charge in [0.1, 0.15) is 11.5 Å². The number of hydrogen-bond donors (Lipinski definition) is 1. The highest BCUT2D eigenvalue weighted by Crippen LogP contribution is 2.40. The molecular formula is C15H14BrN3O. The first-order valence-electron chi connectivity index (χ1n) is 6.21. The first-order chi connectivity index (χ1) is 9.59. The molecule has 0 aliphatic carbocycles. The van der Waals surface area contributed by atoms with Crippen LogP contribution in [0, 0.1) is 6.92 Å². The van der Waals surface area contributed by atoms with Crippen LogP contribution in [0.15, 0.2) is 45.5 Å². The zero-order valence-electron chi connectivity index (χ0n) is 11.2. The molecule has 5 heteroatoms. The van der Waals surface area contributed by atoms with Crippen LogP contribution in [0.5, 0.6) is 0 Å². The number of nitrogens with zero attached hydrogens (tertiary/aromatic N) is 2. The predicted molar refractivity (Wildman–Crippen MR) is 83.2 cm³/mol. The zero-order chi connectivity index (χ0) is 14.3. The Morgan fingerprint density at radius 3 is 2.65 bits per heavy atom. The molecule has 0 aliphatic heterocycles. The van der Waals surface area contributed by atoms with E-state index in [1.165, 1.54) is 0 Å². The smallest absolute Gasteiger partial charge is 0.157 e. The van der Waals surface area contributed by atoms with Gasteiger partial charge in [-0.25, -0.2) is 0 Å². The van der Waals surface area contributed by atoms with Gasteiger partial charge in [-0.2, -0.15) is 5.10 Å². The minimum Gasteiger partial charge on any atom is -0.462 e. The Bertz CT molecular complexity index is 773. The molecular weight excluding hydrogens is 318 g/mol. The minimum atomic E-state index is 0.614. The van der Waals surface area contributed by atoms with E-state index in [2.05, 4.69) is 21.0 Å². The minimum absolute atomic E-state index is 0.614. The molecule has 0 unspecified atom stereocenters. The number of halogens is 1. The highest BCUT2D eigenvalue weighted by atomic mass is 79.9. The highest BCUT2D eigenvalue weighted by Gasteiger charge is 2.22. The standard InChI is InChI=1S/C15H14BrN3O/c1-9-7-8-20-14(9)13-12(15(17)19(2)18-13)10-5-3-4-6-11(10)16/h3-8H,17H2,1-2H3. The monoisotopic (exact) mass is 331 g/mol. The van der Waals surface area contributed by atoms with Gasteiger partial charge in [-0.3, -0.25) is 4.68 Å². The van der Waals surface area contributed by atoms with Crippen molar-refractivity contribution < 1.29 is 4.42 Å². The molecule has 0 radical (unpaired) electrons. The quantitative estimate of drug-likeness (QED) is 0.772. The molecule has 0 saturated carbocycles. The van der Waals surface area contributed by atoms with E-state index in [1.807, 2.05) is 44.3 Å². The molecule has 2 heterocycles. The molecule has 0 bridgehead atoms. The lowest BCUT2D eigenvalue weighted by atomic mass is 10.0. The SMILES string of the molecule is Cc1ccoc1-c1nn(C)c(N)c1-c1ccccc1Br. The van der Waals surface area contributed by atoms with Crippen molar-refractivity contribution in [2.24, 2.45) is 7.05 Å². The lowest BCUT2D eigenvalue weighted by Gasteiger charge is -2.05. The summed E-state index contributed by atoms with van der Waals surface area (Å²) >= 11 is 3.57. The van der Waals surface area contributed by atoms with Gasteiger partial charge in [0.25, 0.3) is 0 Å². The Morgan fingerprint density at radius 2 is 2.00 bits per heavy atom. The third-order valence-corrected chi connectivity index (χ3v) is 4.00. The van der Waals surface area contributed by atoms with E-state index >= 15 is 0 Å². The van der Waals surface area contributed by atoms with Gasteiger partial charge in [-0.05, 0) is 24.6 Å². The molecule has 0 aliphatic rings. The van der Waals surface area contributed by atoms with E-state index in [0.717, 1.165) is 32.6 Å². The largest absolute Gasteiger partial charge is 0.462 e. The van der Waals surface area contributed by atoms with Crippen molar-refractivity contribution >= 4 is 21.7 Å². The third-order valence-electron chi connectivity index (χ3n) is 3.31. The maximum absolute atomic E-state index is 6.20. The number of benzene rings is 1. The van der Waals surface area contributed by atoms with Gasteiger partial charge in [-0.1, -0.05) is 34.1 Å². The number of rotatable bonds is 2. The van der Waals surface area contributed by atoms with Crippen molar-refractivity contribution in [3.05, 3.63) is 46.6 Å². The van der Waals surface area contributed by atoms with Crippen molar-refractivity contribution in [2.45, 2.75) is 6.92 Å². The first-order valence-corrected chi connectivity index (χ1v) is 7.00. The van der Waals surface area contributed by atoms with Crippen LogP contribution >= 0.6 is 15.9 Å². The molecule has 0 saturated heterocycles. The van der Waals surface area contributed by atoms with Gasteiger partial charge in [-0.15, -0.1) is 0 Å². The molecule has 20 heavy (non-hydrogen) atoms. The van der Waals surface area contributed by atoms with Gasteiger partial charge in [0.05, 0.1) is 11.8 Å².